The minimum atomic E-state index is -4.62. The van der Waals surface area contributed by atoms with Gasteiger partial charge in [0.25, 0.3) is 0 Å². The Kier molecular flexibility index (Phi) is 3.78. The Morgan fingerprint density at radius 2 is 1.84 bits per heavy atom. The molecule has 0 amide bonds. The van der Waals surface area contributed by atoms with Gasteiger partial charge in [-0.15, -0.1) is 0 Å². The van der Waals surface area contributed by atoms with Crippen molar-refractivity contribution in [1.29, 1.82) is 0 Å². The highest BCUT2D eigenvalue weighted by atomic mass is 79.9. The van der Waals surface area contributed by atoms with Gasteiger partial charge in [0.15, 0.2) is 5.78 Å². The quantitative estimate of drug-likeness (QED) is 0.555. The van der Waals surface area contributed by atoms with E-state index in [4.69, 9.17) is 0 Å². The van der Waals surface area contributed by atoms with Gasteiger partial charge >= 0.3 is 6.18 Å². The first-order chi connectivity index (χ1) is 8.80. The summed E-state index contributed by atoms with van der Waals surface area (Å²) in [4.78, 5) is 12.0. The molecule has 0 aliphatic rings. The van der Waals surface area contributed by atoms with E-state index in [1.807, 2.05) is 0 Å². The van der Waals surface area contributed by atoms with E-state index in [1.165, 1.54) is 16.7 Å². The number of hydrogen-bond donors (Lipinski definition) is 0. The fourth-order valence-electron chi connectivity index (χ4n) is 1.46. The predicted octanol–water partition coefficient (Wildman–Crippen LogP) is 4.90. The zero-order chi connectivity index (χ0) is 14.2. The van der Waals surface area contributed by atoms with Crippen LogP contribution in [0.5, 0.6) is 0 Å². The lowest BCUT2D eigenvalue weighted by Crippen LogP contribution is -2.10. The summed E-state index contributed by atoms with van der Waals surface area (Å²) in [5, 5.41) is 3.05. The van der Waals surface area contributed by atoms with Gasteiger partial charge in [0.1, 0.15) is 5.82 Å². The molecule has 1 heterocycles. The number of halogens is 5. The van der Waals surface area contributed by atoms with Crippen molar-refractivity contribution in [3.05, 3.63) is 55.9 Å². The predicted molar refractivity (Wildman–Crippen MR) is 66.9 cm³/mol. The zero-order valence-corrected chi connectivity index (χ0v) is 11.5. The zero-order valence-electron chi connectivity index (χ0n) is 9.09. The van der Waals surface area contributed by atoms with E-state index in [-0.39, 0.29) is 5.56 Å². The smallest absolute Gasteiger partial charge is 0.288 e. The Bertz CT molecular complexity index is 633. The maximum Gasteiger partial charge on any atom is 0.416 e. The van der Waals surface area contributed by atoms with Crippen molar-refractivity contribution in [2.75, 3.05) is 0 Å². The molecular weight excluding hydrogens is 348 g/mol. The second-order valence-electron chi connectivity index (χ2n) is 3.65. The number of benzene rings is 1. The summed E-state index contributed by atoms with van der Waals surface area (Å²) in [5.74, 6) is -1.76. The summed E-state index contributed by atoms with van der Waals surface area (Å²) in [6, 6.07) is 1.78. The monoisotopic (exact) mass is 352 g/mol. The van der Waals surface area contributed by atoms with Crippen molar-refractivity contribution < 1.29 is 22.4 Å². The number of rotatable bonds is 2. The summed E-state index contributed by atoms with van der Waals surface area (Å²) in [7, 11) is 0. The van der Waals surface area contributed by atoms with Gasteiger partial charge in [0.2, 0.25) is 0 Å². The van der Waals surface area contributed by atoms with Gasteiger partial charge in [-0.1, -0.05) is 0 Å². The molecule has 0 saturated carbocycles. The maximum absolute atomic E-state index is 13.5. The Morgan fingerprint density at radius 1 is 1.16 bits per heavy atom. The lowest BCUT2D eigenvalue weighted by molar-refractivity contribution is -0.137. The van der Waals surface area contributed by atoms with Crippen LogP contribution >= 0.6 is 27.3 Å². The van der Waals surface area contributed by atoms with Crippen molar-refractivity contribution >= 4 is 33.0 Å². The first kappa shape index (κ1) is 14.2. The lowest BCUT2D eigenvalue weighted by atomic mass is 10.0. The Labute approximate surface area is 118 Å². The molecule has 2 aromatic rings. The van der Waals surface area contributed by atoms with E-state index in [2.05, 4.69) is 15.9 Å². The molecule has 0 unspecified atom stereocenters. The normalized spacial score (nSPS) is 11.6. The minimum Gasteiger partial charge on any atom is -0.288 e. The number of carbonyl (C=O) groups excluding carboxylic acids is 1. The van der Waals surface area contributed by atoms with Gasteiger partial charge in [-0.25, -0.2) is 4.39 Å². The van der Waals surface area contributed by atoms with Crippen molar-refractivity contribution in [1.82, 2.24) is 0 Å². The molecule has 2 rings (SSSR count). The highest BCUT2D eigenvalue weighted by Crippen LogP contribution is 2.32. The van der Waals surface area contributed by atoms with Crippen LogP contribution in [0.25, 0.3) is 0 Å². The molecule has 1 aromatic heterocycles. The average molecular weight is 353 g/mol. The minimum absolute atomic E-state index is 0.142. The number of hydrogen-bond acceptors (Lipinski definition) is 2. The van der Waals surface area contributed by atoms with E-state index in [9.17, 15) is 22.4 Å². The second-order valence-corrected chi connectivity index (χ2v) is 5.25. The first-order valence-corrected chi connectivity index (χ1v) is 6.67. The van der Waals surface area contributed by atoms with Gasteiger partial charge in [-0.05, 0) is 34.1 Å². The van der Waals surface area contributed by atoms with Crippen LogP contribution in [-0.4, -0.2) is 5.78 Å². The lowest BCUT2D eigenvalue weighted by Gasteiger charge is -2.09. The van der Waals surface area contributed by atoms with E-state index in [0.717, 1.165) is 0 Å². The Hall–Kier alpha value is -1.21. The molecular formula is C12H5BrF4OS. The summed E-state index contributed by atoms with van der Waals surface area (Å²) in [6.45, 7) is 0. The van der Waals surface area contributed by atoms with Gasteiger partial charge in [-0.3, -0.25) is 4.79 Å². The van der Waals surface area contributed by atoms with Crippen molar-refractivity contribution in [3.8, 4) is 0 Å². The number of ketones is 1. The van der Waals surface area contributed by atoms with Gasteiger partial charge in [0.05, 0.1) is 11.1 Å². The fourth-order valence-corrected chi connectivity index (χ4v) is 2.92. The maximum atomic E-state index is 13.5. The molecule has 100 valence electrons. The van der Waals surface area contributed by atoms with Gasteiger partial charge in [-0.2, -0.15) is 24.5 Å². The van der Waals surface area contributed by atoms with E-state index >= 15 is 0 Å². The van der Waals surface area contributed by atoms with Gasteiger partial charge in [0, 0.05) is 20.8 Å². The van der Waals surface area contributed by atoms with Crippen molar-refractivity contribution in [3.63, 3.8) is 0 Å². The molecule has 0 spiro atoms. The first-order valence-electron chi connectivity index (χ1n) is 4.94. The van der Waals surface area contributed by atoms with Crippen LogP contribution in [0.2, 0.25) is 0 Å². The average Bonchev–Trinajstić information content (AvgIpc) is 2.73. The van der Waals surface area contributed by atoms with E-state index in [0.29, 0.717) is 22.7 Å². The van der Waals surface area contributed by atoms with E-state index < -0.39 is 28.9 Å². The number of carbonyl (C=O) groups is 1. The van der Waals surface area contributed by atoms with Crippen LogP contribution in [-0.2, 0) is 6.18 Å². The molecule has 0 bridgehead atoms. The summed E-state index contributed by atoms with van der Waals surface area (Å²) < 4.78 is 51.6. The summed E-state index contributed by atoms with van der Waals surface area (Å²) in [5.41, 5.74) is -1.50. The fraction of sp³-hybridized carbons (Fsp3) is 0.0833. The molecule has 1 aromatic carbocycles. The second kappa shape index (κ2) is 5.05. The van der Waals surface area contributed by atoms with Crippen LogP contribution in [0.15, 0.2) is 33.4 Å². The number of thiophene rings is 1. The molecule has 0 aliphatic heterocycles. The molecule has 0 radical (unpaired) electrons. The molecule has 0 N–H and O–H groups in total. The standard InChI is InChI=1S/C12H5BrF4OS/c13-9-5-19-4-8(9)11(18)7-3-6(12(15,16)17)1-2-10(7)14/h1-5H. The van der Waals surface area contributed by atoms with Crippen LogP contribution in [0.1, 0.15) is 21.5 Å². The van der Waals surface area contributed by atoms with Crippen molar-refractivity contribution in [2.24, 2.45) is 0 Å². The molecule has 7 heteroatoms. The van der Waals surface area contributed by atoms with Crippen molar-refractivity contribution in [2.45, 2.75) is 6.18 Å². The Balaban J connectivity index is 2.51. The summed E-state index contributed by atoms with van der Waals surface area (Å²) in [6.07, 6.45) is -4.62. The Morgan fingerprint density at radius 3 is 2.37 bits per heavy atom. The van der Waals surface area contributed by atoms with Crippen LogP contribution in [0, 0.1) is 5.82 Å². The highest BCUT2D eigenvalue weighted by Gasteiger charge is 2.32. The van der Waals surface area contributed by atoms with Gasteiger partial charge < -0.3 is 0 Å². The third kappa shape index (κ3) is 2.87. The SMILES string of the molecule is O=C(c1cc(C(F)(F)F)ccc1F)c1cscc1Br. The molecule has 1 nitrogen and oxygen atoms in total. The van der Waals surface area contributed by atoms with Crippen LogP contribution in [0.3, 0.4) is 0 Å². The molecule has 0 aliphatic carbocycles. The third-order valence-electron chi connectivity index (χ3n) is 2.40. The third-order valence-corrected chi connectivity index (χ3v) is 4.10. The van der Waals surface area contributed by atoms with Crippen LogP contribution < -0.4 is 0 Å². The number of alkyl halides is 3. The molecule has 0 atom stereocenters. The molecule has 0 saturated heterocycles. The van der Waals surface area contributed by atoms with Crippen LogP contribution in [0.4, 0.5) is 17.6 Å². The largest absolute Gasteiger partial charge is 0.416 e. The highest BCUT2D eigenvalue weighted by molar-refractivity contribution is 9.10. The topological polar surface area (TPSA) is 17.1 Å². The summed E-state index contributed by atoms with van der Waals surface area (Å²) >= 11 is 4.28. The molecule has 19 heavy (non-hydrogen) atoms. The van der Waals surface area contributed by atoms with E-state index in [1.54, 1.807) is 5.38 Å². The molecule has 0 fully saturated rings.